The third-order valence-electron chi connectivity index (χ3n) is 3.53. The largest absolute Gasteiger partial charge is 0.294 e. The molecule has 1 aliphatic heterocycles. The molecule has 17 heavy (non-hydrogen) atoms. The number of piperazine rings is 1. The molecule has 90 valence electrons. The zero-order chi connectivity index (χ0) is 12.1. The molecule has 1 aromatic rings. The first-order valence-corrected chi connectivity index (χ1v) is 6.19. The lowest BCUT2D eigenvalue weighted by atomic mass is 10.1. The smallest absolute Gasteiger partial charge is 0.0866 e. The van der Waals surface area contributed by atoms with E-state index < -0.39 is 0 Å². The highest BCUT2D eigenvalue weighted by Crippen LogP contribution is 2.20. The van der Waals surface area contributed by atoms with Gasteiger partial charge in [-0.25, -0.2) is 0 Å². The first-order valence-electron chi connectivity index (χ1n) is 6.19. The van der Waals surface area contributed by atoms with E-state index >= 15 is 0 Å². The van der Waals surface area contributed by atoms with Crippen LogP contribution in [0, 0.1) is 11.3 Å². The number of benzene rings is 1. The first kappa shape index (κ1) is 12.1. The second-order valence-corrected chi connectivity index (χ2v) is 4.56. The van der Waals surface area contributed by atoms with Gasteiger partial charge in [-0.2, -0.15) is 5.26 Å². The molecule has 2 rings (SSSR count). The highest BCUT2D eigenvalue weighted by atomic mass is 15.3. The third kappa shape index (κ3) is 3.06. The second-order valence-electron chi connectivity index (χ2n) is 4.56. The van der Waals surface area contributed by atoms with Crippen LogP contribution < -0.4 is 0 Å². The average molecular weight is 229 g/mol. The molecule has 3 heteroatoms. The normalized spacial score (nSPS) is 19.8. The molecule has 0 aliphatic carbocycles. The van der Waals surface area contributed by atoms with Crippen molar-refractivity contribution in [1.29, 1.82) is 5.26 Å². The summed E-state index contributed by atoms with van der Waals surface area (Å²) < 4.78 is 0. The van der Waals surface area contributed by atoms with Crippen molar-refractivity contribution in [2.45, 2.75) is 13.0 Å². The Kier molecular flexibility index (Phi) is 4.13. The maximum atomic E-state index is 8.67. The summed E-state index contributed by atoms with van der Waals surface area (Å²) in [6.45, 7) is 6.94. The predicted molar refractivity (Wildman–Crippen MR) is 68.5 cm³/mol. The molecule has 1 aliphatic rings. The second kappa shape index (κ2) is 5.81. The topological polar surface area (TPSA) is 30.3 Å². The zero-order valence-electron chi connectivity index (χ0n) is 10.3. The van der Waals surface area contributed by atoms with Crippen LogP contribution in [0.15, 0.2) is 30.3 Å². The Morgan fingerprint density at radius 1 is 1.18 bits per heavy atom. The molecule has 1 aromatic carbocycles. The summed E-state index contributed by atoms with van der Waals surface area (Å²) in [6.07, 6.45) is 0. The van der Waals surface area contributed by atoms with Gasteiger partial charge in [0.1, 0.15) is 0 Å². The van der Waals surface area contributed by atoms with Crippen molar-refractivity contribution < 1.29 is 0 Å². The fraction of sp³-hybridized carbons (Fsp3) is 0.500. The summed E-state index contributed by atoms with van der Waals surface area (Å²) >= 11 is 0. The molecule has 0 bridgehead atoms. The van der Waals surface area contributed by atoms with Crippen molar-refractivity contribution in [3.8, 4) is 6.07 Å². The molecule has 0 aromatic heterocycles. The lowest BCUT2D eigenvalue weighted by Gasteiger charge is -2.37. The highest BCUT2D eigenvalue weighted by molar-refractivity contribution is 5.18. The summed E-state index contributed by atoms with van der Waals surface area (Å²) in [5.74, 6) is 0. The van der Waals surface area contributed by atoms with Crippen LogP contribution in [-0.2, 0) is 0 Å². The molecule has 3 nitrogen and oxygen atoms in total. The maximum absolute atomic E-state index is 8.67. The number of rotatable bonds is 3. The number of nitriles is 1. The van der Waals surface area contributed by atoms with Crippen LogP contribution >= 0.6 is 0 Å². The molecule has 1 atom stereocenters. The van der Waals surface area contributed by atoms with Gasteiger partial charge in [0, 0.05) is 32.2 Å². The minimum Gasteiger partial charge on any atom is -0.294 e. The average Bonchev–Trinajstić information content (AvgIpc) is 2.40. The molecule has 0 radical (unpaired) electrons. The monoisotopic (exact) mass is 229 g/mol. The molecule has 1 unspecified atom stereocenters. The Morgan fingerprint density at radius 2 is 1.82 bits per heavy atom. The number of hydrogen-bond donors (Lipinski definition) is 0. The van der Waals surface area contributed by atoms with E-state index in [1.165, 1.54) is 5.56 Å². The summed E-state index contributed by atoms with van der Waals surface area (Å²) in [4.78, 5) is 4.71. The fourth-order valence-corrected chi connectivity index (χ4v) is 2.35. The molecule has 0 N–H and O–H groups in total. The summed E-state index contributed by atoms with van der Waals surface area (Å²) in [5, 5.41) is 8.67. The van der Waals surface area contributed by atoms with E-state index in [-0.39, 0.29) is 0 Å². The van der Waals surface area contributed by atoms with Crippen LogP contribution in [0.2, 0.25) is 0 Å². The number of hydrogen-bond acceptors (Lipinski definition) is 3. The number of nitrogens with zero attached hydrogens (tertiary/aromatic N) is 3. The van der Waals surface area contributed by atoms with Crippen molar-refractivity contribution in [1.82, 2.24) is 9.80 Å². The van der Waals surface area contributed by atoms with Crippen LogP contribution in [0.3, 0.4) is 0 Å². The predicted octanol–water partition coefficient (Wildman–Crippen LogP) is 1.89. The Balaban J connectivity index is 1.91. The van der Waals surface area contributed by atoms with E-state index in [0.717, 1.165) is 26.2 Å². The van der Waals surface area contributed by atoms with Gasteiger partial charge in [0.15, 0.2) is 0 Å². The Bertz CT molecular complexity index is 374. The van der Waals surface area contributed by atoms with Gasteiger partial charge in [0.25, 0.3) is 0 Å². The molecular weight excluding hydrogens is 210 g/mol. The van der Waals surface area contributed by atoms with Gasteiger partial charge in [0.05, 0.1) is 12.6 Å². The van der Waals surface area contributed by atoms with Gasteiger partial charge in [-0.3, -0.25) is 9.80 Å². The minimum absolute atomic E-state index is 0.473. The lowest BCUT2D eigenvalue weighted by Crippen LogP contribution is -2.47. The van der Waals surface area contributed by atoms with Gasteiger partial charge in [-0.1, -0.05) is 30.3 Å². The van der Waals surface area contributed by atoms with E-state index in [4.69, 9.17) is 5.26 Å². The molecule has 0 amide bonds. The van der Waals surface area contributed by atoms with E-state index in [2.05, 4.69) is 53.1 Å². The maximum Gasteiger partial charge on any atom is 0.0866 e. The lowest BCUT2D eigenvalue weighted by molar-refractivity contribution is 0.111. The summed E-state index contributed by atoms with van der Waals surface area (Å²) in [6, 6.07) is 13.3. The SMILES string of the molecule is CC(c1ccccc1)N1CCN(CC#N)CC1. The van der Waals surface area contributed by atoms with Gasteiger partial charge < -0.3 is 0 Å². The van der Waals surface area contributed by atoms with E-state index in [1.807, 2.05) is 0 Å². The third-order valence-corrected chi connectivity index (χ3v) is 3.53. The van der Waals surface area contributed by atoms with E-state index in [0.29, 0.717) is 12.6 Å². The van der Waals surface area contributed by atoms with E-state index in [1.54, 1.807) is 0 Å². The van der Waals surface area contributed by atoms with Crippen LogP contribution in [-0.4, -0.2) is 42.5 Å². The minimum atomic E-state index is 0.473. The quantitative estimate of drug-likeness (QED) is 0.741. The van der Waals surface area contributed by atoms with Crippen LogP contribution in [0.25, 0.3) is 0 Å². The molecule has 1 saturated heterocycles. The summed E-state index contributed by atoms with van der Waals surface area (Å²) in [7, 11) is 0. The van der Waals surface area contributed by atoms with Crippen molar-refractivity contribution in [3.05, 3.63) is 35.9 Å². The first-order chi connectivity index (χ1) is 8.31. The molecule has 1 fully saturated rings. The van der Waals surface area contributed by atoms with Gasteiger partial charge in [-0.15, -0.1) is 0 Å². The Labute approximate surface area is 103 Å². The zero-order valence-corrected chi connectivity index (χ0v) is 10.3. The molecule has 0 saturated carbocycles. The summed E-state index contributed by atoms with van der Waals surface area (Å²) in [5.41, 5.74) is 1.38. The fourth-order valence-electron chi connectivity index (χ4n) is 2.35. The van der Waals surface area contributed by atoms with Crippen LogP contribution in [0.4, 0.5) is 0 Å². The molecule has 1 heterocycles. The Morgan fingerprint density at radius 3 is 2.41 bits per heavy atom. The van der Waals surface area contributed by atoms with Gasteiger partial charge >= 0.3 is 0 Å². The van der Waals surface area contributed by atoms with Gasteiger partial charge in [0.2, 0.25) is 0 Å². The Hall–Kier alpha value is -1.37. The van der Waals surface area contributed by atoms with Gasteiger partial charge in [-0.05, 0) is 12.5 Å². The van der Waals surface area contributed by atoms with Crippen molar-refractivity contribution in [2.24, 2.45) is 0 Å². The standard InChI is InChI=1S/C14H19N3/c1-13(14-5-3-2-4-6-14)17-11-9-16(8-7-15)10-12-17/h2-6,13H,8-12H2,1H3. The van der Waals surface area contributed by atoms with E-state index in [9.17, 15) is 0 Å². The molecular formula is C14H19N3. The van der Waals surface area contributed by atoms with Crippen molar-refractivity contribution >= 4 is 0 Å². The molecule has 0 spiro atoms. The van der Waals surface area contributed by atoms with Crippen LogP contribution in [0.5, 0.6) is 0 Å². The van der Waals surface area contributed by atoms with Crippen molar-refractivity contribution in [2.75, 3.05) is 32.7 Å². The van der Waals surface area contributed by atoms with Crippen LogP contribution in [0.1, 0.15) is 18.5 Å². The van der Waals surface area contributed by atoms with Crippen molar-refractivity contribution in [3.63, 3.8) is 0 Å². The highest BCUT2D eigenvalue weighted by Gasteiger charge is 2.21.